The predicted octanol–water partition coefficient (Wildman–Crippen LogP) is 1.33. The summed E-state index contributed by atoms with van der Waals surface area (Å²) < 4.78 is 0. The van der Waals surface area contributed by atoms with Crippen molar-refractivity contribution in [2.24, 2.45) is 0 Å². The van der Waals surface area contributed by atoms with E-state index in [1.165, 1.54) is 16.7 Å². The smallest absolute Gasteiger partial charge is 0.247 e. The van der Waals surface area contributed by atoms with Crippen LogP contribution < -0.4 is 4.90 Å². The molecule has 1 aromatic rings. The minimum absolute atomic E-state index is 0.139. The fourth-order valence-electron chi connectivity index (χ4n) is 2.56. The van der Waals surface area contributed by atoms with Crippen molar-refractivity contribution in [3.63, 3.8) is 0 Å². The summed E-state index contributed by atoms with van der Waals surface area (Å²) in [6.45, 7) is 1.99. The number of carbonyl (C=O) groups is 3. The van der Waals surface area contributed by atoms with E-state index in [1.807, 2.05) is 25.3 Å². The molecule has 1 aliphatic rings. The average Bonchev–Trinajstić information content (AvgIpc) is 2.73. The van der Waals surface area contributed by atoms with Gasteiger partial charge in [-0.1, -0.05) is 19.1 Å². The topological polar surface area (TPSA) is 54.5 Å². The number of benzene rings is 1. The van der Waals surface area contributed by atoms with E-state index in [2.05, 4.69) is 0 Å². The van der Waals surface area contributed by atoms with Crippen LogP contribution in [0.1, 0.15) is 31.2 Å². The zero-order chi connectivity index (χ0) is 15.6. The maximum atomic E-state index is 12.2. The van der Waals surface area contributed by atoms with E-state index in [0.29, 0.717) is 12.1 Å². The van der Waals surface area contributed by atoms with Gasteiger partial charge in [0.2, 0.25) is 11.8 Å². The monoisotopic (exact) mass is 303 g/mol. The van der Waals surface area contributed by atoms with E-state index >= 15 is 0 Å². The van der Waals surface area contributed by atoms with Gasteiger partial charge in [0.05, 0.1) is 16.6 Å². The van der Waals surface area contributed by atoms with Gasteiger partial charge in [0.25, 0.3) is 0 Å². The first kappa shape index (κ1) is 15.8. The summed E-state index contributed by atoms with van der Waals surface area (Å²) in [6, 6.07) is 7.33. The van der Waals surface area contributed by atoms with Crippen molar-refractivity contribution >= 4 is 42.8 Å². The van der Waals surface area contributed by atoms with Gasteiger partial charge >= 0.3 is 0 Å². The summed E-state index contributed by atoms with van der Waals surface area (Å²) >= 11 is 1.41. The Labute approximate surface area is 129 Å². The summed E-state index contributed by atoms with van der Waals surface area (Å²) in [5.74, 6) is -0.151. The van der Waals surface area contributed by atoms with E-state index in [-0.39, 0.29) is 35.1 Å². The summed E-state index contributed by atoms with van der Waals surface area (Å²) in [5.41, 5.74) is 1.80. The van der Waals surface area contributed by atoms with Gasteiger partial charge < -0.3 is 4.79 Å². The van der Waals surface area contributed by atoms with Crippen molar-refractivity contribution in [1.29, 1.82) is 0 Å². The largest absolute Gasteiger partial charge is 0.312 e. The van der Waals surface area contributed by atoms with Crippen LogP contribution in [0.15, 0.2) is 24.3 Å². The molecule has 2 amide bonds. The summed E-state index contributed by atoms with van der Waals surface area (Å²) in [4.78, 5) is 36.5. The number of carbonyl (C=O) groups excluding carboxylic acids is 3. The van der Waals surface area contributed by atoms with Crippen molar-refractivity contribution in [2.45, 2.75) is 30.9 Å². The Hall–Kier alpha value is -1.56. The first-order valence-corrected chi connectivity index (χ1v) is 8.21. The van der Waals surface area contributed by atoms with E-state index < -0.39 is 0 Å². The zero-order valence-corrected chi connectivity index (χ0v) is 13.3. The Bertz CT molecular complexity index is 573. The predicted molar refractivity (Wildman–Crippen MR) is 87.4 cm³/mol. The molecule has 110 valence electrons. The fraction of sp³-hybridized carbons (Fsp3) is 0.400. The van der Waals surface area contributed by atoms with Crippen molar-refractivity contribution in [1.82, 2.24) is 0 Å². The van der Waals surface area contributed by atoms with Gasteiger partial charge in [-0.05, 0) is 29.9 Å². The van der Waals surface area contributed by atoms with Gasteiger partial charge in [0.1, 0.15) is 0 Å². The lowest BCUT2D eigenvalue weighted by atomic mass is 9.88. The quantitative estimate of drug-likeness (QED) is 0.608. The fourth-order valence-corrected chi connectivity index (χ4v) is 3.18. The van der Waals surface area contributed by atoms with Gasteiger partial charge in [0, 0.05) is 12.8 Å². The Morgan fingerprint density at radius 2 is 2.00 bits per heavy atom. The second-order valence-electron chi connectivity index (χ2n) is 5.39. The number of rotatable bonds is 5. The summed E-state index contributed by atoms with van der Waals surface area (Å²) in [5, 5.41) is -0.270. The van der Waals surface area contributed by atoms with Crippen molar-refractivity contribution in [3.05, 3.63) is 29.8 Å². The Morgan fingerprint density at radius 3 is 2.48 bits per heavy atom. The molecule has 2 unspecified atom stereocenters. The van der Waals surface area contributed by atoms with Crippen LogP contribution in [0.3, 0.4) is 0 Å². The molecule has 0 N–H and O–H groups in total. The van der Waals surface area contributed by atoms with Crippen LogP contribution in [0.5, 0.6) is 0 Å². The van der Waals surface area contributed by atoms with Gasteiger partial charge in [-0.2, -0.15) is 11.8 Å². The number of imide groups is 1. The second-order valence-corrected chi connectivity index (χ2v) is 6.44. The molecule has 21 heavy (non-hydrogen) atoms. The Morgan fingerprint density at radius 1 is 1.38 bits per heavy atom. The molecule has 4 nitrogen and oxygen atoms in total. The van der Waals surface area contributed by atoms with Crippen molar-refractivity contribution < 1.29 is 14.4 Å². The molecule has 2 atom stereocenters. The van der Waals surface area contributed by atoms with Gasteiger partial charge in [0.15, 0.2) is 7.85 Å². The second kappa shape index (κ2) is 6.47. The van der Waals surface area contributed by atoms with Gasteiger partial charge in [-0.3, -0.25) is 9.59 Å². The molecular formula is C15H18BNO3S. The molecule has 1 saturated heterocycles. The number of anilines is 1. The molecular weight excluding hydrogens is 285 g/mol. The van der Waals surface area contributed by atoms with Crippen molar-refractivity contribution in [2.75, 3.05) is 11.2 Å². The van der Waals surface area contributed by atoms with Crippen LogP contribution in [-0.4, -0.2) is 36.8 Å². The van der Waals surface area contributed by atoms with Crippen LogP contribution in [-0.2, 0) is 14.4 Å². The van der Waals surface area contributed by atoms with E-state index in [1.54, 1.807) is 20.0 Å². The molecule has 2 rings (SSSR count). The van der Waals surface area contributed by atoms with Crippen LogP contribution in [0.25, 0.3) is 0 Å². The van der Waals surface area contributed by atoms with Gasteiger partial charge in [-0.15, -0.1) is 0 Å². The Balaban J connectivity index is 2.17. The normalized spacial score (nSPS) is 19.9. The number of nitrogens with zero attached hydrogens (tertiary/aromatic N) is 1. The lowest BCUT2D eigenvalue weighted by Gasteiger charge is -2.16. The molecule has 1 heterocycles. The molecule has 0 radical (unpaired) electrons. The summed E-state index contributed by atoms with van der Waals surface area (Å²) in [7, 11) is 1.58. The molecule has 0 aliphatic carbocycles. The van der Waals surface area contributed by atoms with E-state index in [4.69, 9.17) is 0 Å². The minimum atomic E-state index is -0.270. The molecule has 1 fully saturated rings. The molecule has 0 saturated carbocycles. The molecule has 0 aromatic heterocycles. The highest BCUT2D eigenvalue weighted by Crippen LogP contribution is 2.29. The van der Waals surface area contributed by atoms with Crippen LogP contribution in [0.2, 0.25) is 0 Å². The maximum Gasteiger partial charge on any atom is 0.247 e. The average molecular weight is 303 g/mol. The van der Waals surface area contributed by atoms with Crippen molar-refractivity contribution in [3.8, 4) is 0 Å². The minimum Gasteiger partial charge on any atom is -0.312 e. The number of thioether (sulfide) groups is 1. The third-order valence-electron chi connectivity index (χ3n) is 3.70. The number of amides is 2. The molecule has 0 bridgehead atoms. The molecule has 1 aliphatic heterocycles. The number of hydrogen-bond acceptors (Lipinski definition) is 4. The molecule has 0 spiro atoms. The highest BCUT2D eigenvalue weighted by Gasteiger charge is 2.38. The first-order chi connectivity index (χ1) is 9.93. The molecule has 1 aromatic carbocycles. The van der Waals surface area contributed by atoms with Crippen LogP contribution >= 0.6 is 11.8 Å². The highest BCUT2D eigenvalue weighted by atomic mass is 32.2. The highest BCUT2D eigenvalue weighted by molar-refractivity contribution is 8.00. The number of hydrogen-bond donors (Lipinski definition) is 0. The lowest BCUT2D eigenvalue weighted by Crippen LogP contribution is -2.31. The SMILES string of the molecule is BC(=O)CC(C)c1ccc(N2C(=O)CC(SC)C2=O)cc1. The third-order valence-corrected chi connectivity index (χ3v) is 4.64. The maximum absolute atomic E-state index is 12.2. The first-order valence-electron chi connectivity index (χ1n) is 6.93. The zero-order valence-electron chi connectivity index (χ0n) is 12.5. The van der Waals surface area contributed by atoms with Gasteiger partial charge in [-0.25, -0.2) is 4.90 Å². The summed E-state index contributed by atoms with van der Waals surface area (Å²) in [6.07, 6.45) is 2.60. The Kier molecular flexibility index (Phi) is 4.88. The van der Waals surface area contributed by atoms with E-state index in [9.17, 15) is 14.4 Å². The standard InChI is InChI=1S/C15H18BNO3S/c1-9(7-13(16)18)10-3-5-11(6-4-10)17-14(19)8-12(21-2)15(17)20/h3-6,9,12H,7-8,16H2,1-2H3. The lowest BCUT2D eigenvalue weighted by molar-refractivity contribution is -0.121. The van der Waals surface area contributed by atoms with Crippen LogP contribution in [0.4, 0.5) is 5.69 Å². The van der Waals surface area contributed by atoms with E-state index in [0.717, 1.165) is 5.56 Å². The third kappa shape index (κ3) is 3.37. The van der Waals surface area contributed by atoms with Crippen LogP contribution in [0, 0.1) is 0 Å². The molecule has 6 heteroatoms.